The number of nitrogens with zero attached hydrogens (tertiary/aromatic N) is 1. The van der Waals surface area contributed by atoms with Crippen molar-refractivity contribution in [3.63, 3.8) is 0 Å². The fraction of sp³-hybridized carbons (Fsp3) is 0.611. The lowest BCUT2D eigenvalue weighted by Gasteiger charge is -2.24. The highest BCUT2D eigenvalue weighted by atomic mass is 16.5. The molecule has 1 aromatic carbocycles. The van der Waals surface area contributed by atoms with E-state index in [9.17, 15) is 5.26 Å². The smallest absolute Gasteiger partial charge is 0.119 e. The molecule has 1 fully saturated rings. The van der Waals surface area contributed by atoms with Crippen molar-refractivity contribution in [1.29, 1.82) is 5.26 Å². The van der Waals surface area contributed by atoms with E-state index < -0.39 is 5.54 Å². The molecule has 114 valence electrons. The molecule has 1 aliphatic rings. The van der Waals surface area contributed by atoms with E-state index in [4.69, 9.17) is 10.5 Å². The average Bonchev–Trinajstić information content (AvgIpc) is 2.81. The van der Waals surface area contributed by atoms with Crippen molar-refractivity contribution in [1.82, 2.24) is 0 Å². The predicted molar refractivity (Wildman–Crippen MR) is 85.1 cm³/mol. The van der Waals surface area contributed by atoms with Gasteiger partial charge in [0.15, 0.2) is 0 Å². The Kier molecular flexibility index (Phi) is 4.58. The second-order valence-electron chi connectivity index (χ2n) is 7.16. The van der Waals surface area contributed by atoms with Gasteiger partial charge in [-0.1, -0.05) is 39.3 Å². The minimum absolute atomic E-state index is 0.123. The summed E-state index contributed by atoms with van der Waals surface area (Å²) >= 11 is 0. The summed E-state index contributed by atoms with van der Waals surface area (Å²) in [4.78, 5) is 0. The zero-order valence-electron chi connectivity index (χ0n) is 13.4. The Balaban J connectivity index is 1.91. The van der Waals surface area contributed by atoms with Gasteiger partial charge < -0.3 is 10.5 Å². The van der Waals surface area contributed by atoms with Crippen LogP contribution in [0.3, 0.4) is 0 Å². The molecule has 1 aromatic rings. The lowest BCUT2D eigenvalue weighted by molar-refractivity contribution is 0.254. The van der Waals surface area contributed by atoms with Crippen molar-refractivity contribution in [3.05, 3.63) is 29.8 Å². The van der Waals surface area contributed by atoms with Gasteiger partial charge in [-0.25, -0.2) is 0 Å². The highest BCUT2D eigenvalue weighted by Crippen LogP contribution is 2.35. The largest absolute Gasteiger partial charge is 0.494 e. The zero-order chi connectivity index (χ0) is 15.5. The summed E-state index contributed by atoms with van der Waals surface area (Å²) in [5, 5.41) is 9.22. The topological polar surface area (TPSA) is 59.0 Å². The molecule has 0 amide bonds. The zero-order valence-corrected chi connectivity index (χ0v) is 13.4. The van der Waals surface area contributed by atoms with Crippen LogP contribution in [0.1, 0.15) is 52.0 Å². The molecule has 2 N–H and O–H groups in total. The molecule has 0 heterocycles. The van der Waals surface area contributed by atoms with E-state index in [2.05, 4.69) is 39.0 Å². The molecule has 0 spiro atoms. The maximum atomic E-state index is 9.22. The minimum atomic E-state index is -0.642. The number of rotatable bonds is 4. The van der Waals surface area contributed by atoms with Gasteiger partial charge in [-0.2, -0.15) is 5.26 Å². The minimum Gasteiger partial charge on any atom is -0.494 e. The van der Waals surface area contributed by atoms with Crippen molar-refractivity contribution >= 4 is 0 Å². The van der Waals surface area contributed by atoms with E-state index in [-0.39, 0.29) is 11.3 Å². The summed E-state index contributed by atoms with van der Waals surface area (Å²) in [6.07, 6.45) is 3.75. The van der Waals surface area contributed by atoms with Gasteiger partial charge in [0.1, 0.15) is 11.3 Å². The van der Waals surface area contributed by atoms with E-state index in [1.807, 2.05) is 12.1 Å². The Morgan fingerprint density at radius 3 is 2.86 bits per heavy atom. The Morgan fingerprint density at radius 1 is 1.43 bits per heavy atom. The molecule has 0 aliphatic heterocycles. The summed E-state index contributed by atoms with van der Waals surface area (Å²) in [6.45, 7) is 7.21. The summed E-state index contributed by atoms with van der Waals surface area (Å²) in [5.74, 6) is 1.16. The quantitative estimate of drug-likeness (QED) is 0.916. The summed E-state index contributed by atoms with van der Waals surface area (Å²) < 4.78 is 5.88. The second-order valence-corrected chi connectivity index (χ2v) is 7.16. The van der Waals surface area contributed by atoms with Crippen molar-refractivity contribution in [2.24, 2.45) is 11.7 Å². The molecule has 0 bridgehead atoms. The Bertz CT molecular complexity index is 527. The molecule has 21 heavy (non-hydrogen) atoms. The number of ether oxygens (including phenoxy) is 1. The third-order valence-corrected chi connectivity index (χ3v) is 4.51. The number of nitriles is 1. The van der Waals surface area contributed by atoms with Gasteiger partial charge >= 0.3 is 0 Å². The SMILES string of the molecule is CC(C)(C)c1cccc(OCCC2CCCC2(N)C#N)c1. The first-order valence-electron chi connectivity index (χ1n) is 7.79. The first-order valence-corrected chi connectivity index (χ1v) is 7.79. The highest BCUT2D eigenvalue weighted by Gasteiger charge is 2.39. The van der Waals surface area contributed by atoms with Gasteiger partial charge in [0.25, 0.3) is 0 Å². The molecular weight excluding hydrogens is 260 g/mol. The first-order chi connectivity index (χ1) is 9.85. The molecule has 1 aliphatic carbocycles. The standard InChI is InChI=1S/C18H26N2O/c1-17(2,3)15-6-4-8-16(12-15)21-11-9-14-7-5-10-18(14,20)13-19/h4,6,8,12,14H,5,7,9-11,20H2,1-3H3. The van der Waals surface area contributed by atoms with Crippen LogP contribution < -0.4 is 10.5 Å². The molecule has 0 saturated heterocycles. The summed E-state index contributed by atoms with van der Waals surface area (Å²) in [6, 6.07) is 10.6. The fourth-order valence-corrected chi connectivity index (χ4v) is 3.02. The summed E-state index contributed by atoms with van der Waals surface area (Å²) in [7, 11) is 0. The van der Waals surface area contributed by atoms with Gasteiger partial charge in [0.2, 0.25) is 0 Å². The lowest BCUT2D eigenvalue weighted by atomic mass is 9.87. The Morgan fingerprint density at radius 2 is 2.19 bits per heavy atom. The van der Waals surface area contributed by atoms with Gasteiger partial charge in [0.05, 0.1) is 12.7 Å². The second kappa shape index (κ2) is 6.07. The Hall–Kier alpha value is -1.53. The predicted octanol–water partition coefficient (Wildman–Crippen LogP) is 3.77. The molecule has 3 heteroatoms. The third-order valence-electron chi connectivity index (χ3n) is 4.51. The van der Waals surface area contributed by atoms with Crippen molar-refractivity contribution < 1.29 is 4.74 Å². The van der Waals surface area contributed by atoms with Crippen LogP contribution in [0.25, 0.3) is 0 Å². The molecule has 0 aromatic heterocycles. The molecule has 3 nitrogen and oxygen atoms in total. The van der Waals surface area contributed by atoms with Gasteiger partial charge in [-0.05, 0) is 48.3 Å². The molecule has 2 atom stereocenters. The summed E-state index contributed by atoms with van der Waals surface area (Å²) in [5.41, 5.74) is 6.90. The first kappa shape index (κ1) is 15.9. The lowest BCUT2D eigenvalue weighted by Crippen LogP contribution is -2.42. The van der Waals surface area contributed by atoms with Crippen molar-refractivity contribution in [2.45, 2.75) is 57.4 Å². The van der Waals surface area contributed by atoms with E-state index in [1.165, 1.54) is 5.56 Å². The van der Waals surface area contributed by atoms with Crippen LogP contribution in [0, 0.1) is 17.2 Å². The highest BCUT2D eigenvalue weighted by molar-refractivity contribution is 5.32. The van der Waals surface area contributed by atoms with E-state index >= 15 is 0 Å². The third kappa shape index (κ3) is 3.77. The van der Waals surface area contributed by atoms with Crippen LogP contribution in [-0.4, -0.2) is 12.1 Å². The molecule has 2 rings (SSSR count). The number of hydrogen-bond acceptors (Lipinski definition) is 3. The van der Waals surface area contributed by atoms with Crippen LogP contribution in [0.15, 0.2) is 24.3 Å². The number of hydrogen-bond donors (Lipinski definition) is 1. The van der Waals surface area contributed by atoms with Gasteiger partial charge in [0, 0.05) is 0 Å². The van der Waals surface area contributed by atoms with Crippen LogP contribution in [0.5, 0.6) is 5.75 Å². The molecular formula is C18H26N2O. The number of benzene rings is 1. The Labute approximate surface area is 128 Å². The monoisotopic (exact) mass is 286 g/mol. The maximum absolute atomic E-state index is 9.22. The maximum Gasteiger partial charge on any atom is 0.119 e. The van der Waals surface area contributed by atoms with Crippen molar-refractivity contribution in [3.8, 4) is 11.8 Å². The van der Waals surface area contributed by atoms with E-state index in [0.29, 0.717) is 6.61 Å². The number of nitrogens with two attached hydrogens (primary N) is 1. The van der Waals surface area contributed by atoms with Crippen LogP contribution >= 0.6 is 0 Å². The normalized spacial score (nSPS) is 25.6. The van der Waals surface area contributed by atoms with Crippen molar-refractivity contribution in [2.75, 3.05) is 6.61 Å². The van der Waals surface area contributed by atoms with E-state index in [0.717, 1.165) is 31.4 Å². The fourth-order valence-electron chi connectivity index (χ4n) is 3.02. The van der Waals surface area contributed by atoms with E-state index in [1.54, 1.807) is 0 Å². The van der Waals surface area contributed by atoms with Crippen LogP contribution in [-0.2, 0) is 5.41 Å². The molecule has 0 radical (unpaired) electrons. The van der Waals surface area contributed by atoms with Crippen LogP contribution in [0.4, 0.5) is 0 Å². The van der Waals surface area contributed by atoms with Gasteiger partial charge in [-0.3, -0.25) is 0 Å². The van der Waals surface area contributed by atoms with Gasteiger partial charge in [-0.15, -0.1) is 0 Å². The average molecular weight is 286 g/mol. The molecule has 2 unspecified atom stereocenters. The van der Waals surface area contributed by atoms with Crippen LogP contribution in [0.2, 0.25) is 0 Å². The molecule has 1 saturated carbocycles.